The Morgan fingerprint density at radius 2 is 1.88 bits per heavy atom. The van der Waals surface area contributed by atoms with E-state index in [2.05, 4.69) is 46.5 Å². The number of nitrogens with one attached hydrogen (secondary N) is 1. The molecule has 1 aliphatic rings. The van der Waals surface area contributed by atoms with Crippen molar-refractivity contribution in [3.63, 3.8) is 0 Å². The van der Waals surface area contributed by atoms with E-state index in [0.717, 1.165) is 34.6 Å². The van der Waals surface area contributed by atoms with Crippen LogP contribution in [0.2, 0.25) is 0 Å². The minimum absolute atomic E-state index is 0.334. The highest BCUT2D eigenvalue weighted by molar-refractivity contribution is 7.99. The summed E-state index contributed by atoms with van der Waals surface area (Å²) in [5.41, 5.74) is 4.82. The van der Waals surface area contributed by atoms with Crippen molar-refractivity contribution in [3.05, 3.63) is 59.7 Å². The van der Waals surface area contributed by atoms with Gasteiger partial charge in [-0.3, -0.25) is 0 Å². The highest BCUT2D eigenvalue weighted by atomic mass is 32.2. The Kier molecular flexibility index (Phi) is 4.75. The van der Waals surface area contributed by atoms with Crippen molar-refractivity contribution in [3.8, 4) is 17.1 Å². The zero-order valence-electron chi connectivity index (χ0n) is 14.8. The van der Waals surface area contributed by atoms with E-state index in [1.54, 1.807) is 11.8 Å². The number of aromatic nitrogens is 3. The van der Waals surface area contributed by atoms with Crippen LogP contribution < -0.4 is 10.1 Å². The molecule has 1 N–H and O–H groups in total. The Morgan fingerprint density at radius 3 is 2.73 bits per heavy atom. The molecule has 0 aliphatic carbocycles. The third kappa shape index (κ3) is 3.24. The zero-order valence-corrected chi connectivity index (χ0v) is 15.6. The largest absolute Gasteiger partial charge is 0.448 e. The number of para-hydroxylation sites is 1. The maximum atomic E-state index is 6.29. The summed E-state index contributed by atoms with van der Waals surface area (Å²) in [6.07, 6.45) is 0.724. The van der Waals surface area contributed by atoms with Gasteiger partial charge in [-0.1, -0.05) is 61.2 Å². The fourth-order valence-corrected chi connectivity index (χ4v) is 3.56. The highest BCUT2D eigenvalue weighted by Gasteiger charge is 2.26. The number of nitrogens with zero attached hydrogens (tertiary/aromatic N) is 3. The van der Waals surface area contributed by atoms with Crippen molar-refractivity contribution in [1.82, 2.24) is 15.2 Å². The molecule has 132 valence electrons. The molecule has 0 fully saturated rings. The van der Waals surface area contributed by atoms with Gasteiger partial charge in [0.2, 0.25) is 11.0 Å². The number of benzene rings is 2. The molecule has 2 aromatic carbocycles. The number of hydrogen-bond donors (Lipinski definition) is 1. The summed E-state index contributed by atoms with van der Waals surface area (Å²) in [7, 11) is 0. The predicted molar refractivity (Wildman–Crippen MR) is 104 cm³/mol. The lowest BCUT2D eigenvalue weighted by molar-refractivity contribution is 0.224. The van der Waals surface area contributed by atoms with Gasteiger partial charge in [-0.05, 0) is 25.0 Å². The first-order valence-corrected chi connectivity index (χ1v) is 9.70. The fourth-order valence-electron chi connectivity index (χ4n) is 2.92. The lowest BCUT2D eigenvalue weighted by Crippen LogP contribution is -2.18. The first-order chi connectivity index (χ1) is 12.8. The highest BCUT2D eigenvalue weighted by Crippen LogP contribution is 2.39. The van der Waals surface area contributed by atoms with Crippen LogP contribution >= 0.6 is 11.8 Å². The summed E-state index contributed by atoms with van der Waals surface area (Å²) < 4.78 is 6.29. The number of hydrogen-bond acceptors (Lipinski definition) is 6. The topological polar surface area (TPSA) is 59.9 Å². The summed E-state index contributed by atoms with van der Waals surface area (Å²) in [6, 6.07) is 16.2. The molecule has 1 aliphatic heterocycles. The summed E-state index contributed by atoms with van der Waals surface area (Å²) in [6.45, 7) is 4.22. The van der Waals surface area contributed by atoms with E-state index in [1.807, 2.05) is 36.4 Å². The van der Waals surface area contributed by atoms with E-state index in [9.17, 15) is 0 Å². The van der Waals surface area contributed by atoms with Crippen LogP contribution in [-0.4, -0.2) is 20.9 Å². The van der Waals surface area contributed by atoms with Gasteiger partial charge in [0, 0.05) is 22.6 Å². The van der Waals surface area contributed by atoms with Crippen LogP contribution in [0.15, 0.2) is 53.7 Å². The molecule has 26 heavy (non-hydrogen) atoms. The Morgan fingerprint density at radius 1 is 1.08 bits per heavy atom. The third-order valence-electron chi connectivity index (χ3n) is 4.24. The van der Waals surface area contributed by atoms with E-state index in [1.165, 1.54) is 0 Å². The summed E-state index contributed by atoms with van der Waals surface area (Å²) in [4.78, 5) is 4.64. The predicted octanol–water partition coefficient (Wildman–Crippen LogP) is 4.85. The minimum atomic E-state index is -0.334. The maximum Gasteiger partial charge on any atom is 0.247 e. The first kappa shape index (κ1) is 16.8. The molecule has 2 heterocycles. The molecule has 0 amide bonds. The normalized spacial score (nSPS) is 15.2. The van der Waals surface area contributed by atoms with Gasteiger partial charge < -0.3 is 10.1 Å². The van der Waals surface area contributed by atoms with Gasteiger partial charge in [-0.25, -0.2) is 0 Å². The van der Waals surface area contributed by atoms with Crippen molar-refractivity contribution in [2.75, 3.05) is 11.1 Å². The van der Waals surface area contributed by atoms with Gasteiger partial charge in [0.15, 0.2) is 11.9 Å². The standard InChI is InChI=1S/C20H20N4OS/c1-3-12-26-20-22-19-17(23-24-20)15-10-6-7-11-16(15)21-18(25-19)14-9-5-4-8-13(14)2/h4-11,18,21H,3,12H2,1-2H3. The third-order valence-corrected chi connectivity index (χ3v) is 5.28. The van der Waals surface area contributed by atoms with Crippen molar-refractivity contribution in [2.45, 2.75) is 31.7 Å². The van der Waals surface area contributed by atoms with Gasteiger partial charge in [-0.2, -0.15) is 4.98 Å². The first-order valence-electron chi connectivity index (χ1n) is 8.72. The Hall–Kier alpha value is -2.60. The van der Waals surface area contributed by atoms with Gasteiger partial charge >= 0.3 is 0 Å². The van der Waals surface area contributed by atoms with Gasteiger partial charge in [0.25, 0.3) is 0 Å². The van der Waals surface area contributed by atoms with Crippen LogP contribution in [0.3, 0.4) is 0 Å². The molecule has 0 bridgehead atoms. The van der Waals surface area contributed by atoms with E-state index < -0.39 is 0 Å². The Labute approximate surface area is 157 Å². The molecule has 4 rings (SSSR count). The second kappa shape index (κ2) is 7.33. The summed E-state index contributed by atoms with van der Waals surface area (Å²) in [5.74, 6) is 1.47. The summed E-state index contributed by atoms with van der Waals surface area (Å²) >= 11 is 1.60. The SMILES string of the molecule is CCCSc1nnc2c(n1)OC(c1ccccc1C)Nc1ccccc1-2. The molecule has 5 nitrogen and oxygen atoms in total. The quantitative estimate of drug-likeness (QED) is 0.668. The lowest BCUT2D eigenvalue weighted by Gasteiger charge is -2.20. The Balaban J connectivity index is 1.81. The van der Waals surface area contributed by atoms with Crippen molar-refractivity contribution >= 4 is 17.4 Å². The molecule has 0 spiro atoms. The van der Waals surface area contributed by atoms with Gasteiger partial charge in [-0.15, -0.1) is 10.2 Å². The smallest absolute Gasteiger partial charge is 0.247 e. The number of ether oxygens (including phenoxy) is 1. The molecule has 1 aromatic heterocycles. The molecule has 3 aromatic rings. The van der Waals surface area contributed by atoms with Gasteiger partial charge in [0.1, 0.15) is 0 Å². The van der Waals surface area contributed by atoms with Crippen molar-refractivity contribution in [2.24, 2.45) is 0 Å². The molecule has 0 radical (unpaired) electrons. The number of aryl methyl sites for hydroxylation is 1. The van der Waals surface area contributed by atoms with Crippen LogP contribution in [-0.2, 0) is 0 Å². The van der Waals surface area contributed by atoms with E-state index in [4.69, 9.17) is 4.74 Å². The Bertz CT molecular complexity index is 931. The molecule has 0 saturated heterocycles. The van der Waals surface area contributed by atoms with E-state index >= 15 is 0 Å². The minimum Gasteiger partial charge on any atom is -0.448 e. The van der Waals surface area contributed by atoms with E-state index in [0.29, 0.717) is 16.7 Å². The number of fused-ring (bicyclic) bond motifs is 3. The van der Waals surface area contributed by atoms with Crippen LogP contribution in [0, 0.1) is 6.92 Å². The summed E-state index contributed by atoms with van der Waals surface area (Å²) in [5, 5.41) is 12.8. The maximum absolute atomic E-state index is 6.29. The number of anilines is 1. The van der Waals surface area contributed by atoms with Crippen LogP contribution in [0.25, 0.3) is 11.3 Å². The second-order valence-corrected chi connectivity index (χ2v) is 7.20. The van der Waals surface area contributed by atoms with E-state index in [-0.39, 0.29) is 6.23 Å². The molecule has 0 saturated carbocycles. The zero-order chi connectivity index (χ0) is 17.9. The average Bonchev–Trinajstić information content (AvgIpc) is 2.83. The lowest BCUT2D eigenvalue weighted by atomic mass is 10.1. The molecule has 1 atom stereocenters. The second-order valence-electron chi connectivity index (χ2n) is 6.14. The van der Waals surface area contributed by atoms with Crippen molar-refractivity contribution in [1.29, 1.82) is 0 Å². The average molecular weight is 364 g/mol. The van der Waals surface area contributed by atoms with Gasteiger partial charge in [0.05, 0.1) is 0 Å². The van der Waals surface area contributed by atoms with Crippen LogP contribution in [0.1, 0.15) is 30.7 Å². The van der Waals surface area contributed by atoms with Crippen molar-refractivity contribution < 1.29 is 4.74 Å². The number of thioether (sulfide) groups is 1. The van der Waals surface area contributed by atoms with Crippen LogP contribution in [0.4, 0.5) is 5.69 Å². The molecule has 6 heteroatoms. The monoisotopic (exact) mass is 364 g/mol. The van der Waals surface area contributed by atoms with Crippen LogP contribution in [0.5, 0.6) is 5.88 Å². The number of rotatable bonds is 4. The molecular formula is C20H20N4OS. The molecular weight excluding hydrogens is 344 g/mol. The molecule has 1 unspecified atom stereocenters. The fraction of sp³-hybridized carbons (Fsp3) is 0.250.